The van der Waals surface area contributed by atoms with Gasteiger partial charge in [-0.3, -0.25) is 9.59 Å². The monoisotopic (exact) mass is 386 g/mol. The smallest absolute Gasteiger partial charge is 0.260 e. The largest absolute Gasteiger partial charge is 0.484 e. The Labute approximate surface area is 165 Å². The normalized spacial score (nSPS) is 20.7. The van der Waals surface area contributed by atoms with Crippen molar-refractivity contribution in [3.05, 3.63) is 65.7 Å². The fourth-order valence-corrected chi connectivity index (χ4v) is 3.75. The molecule has 0 saturated carbocycles. The van der Waals surface area contributed by atoms with Crippen LogP contribution >= 0.6 is 12.4 Å². The highest BCUT2D eigenvalue weighted by atomic mass is 35.5. The molecule has 2 aliphatic heterocycles. The lowest BCUT2D eigenvalue weighted by atomic mass is 10.0. The molecule has 5 nitrogen and oxygen atoms in total. The quantitative estimate of drug-likeness (QED) is 0.802. The van der Waals surface area contributed by atoms with E-state index >= 15 is 0 Å². The van der Waals surface area contributed by atoms with E-state index in [4.69, 9.17) is 4.74 Å². The van der Waals surface area contributed by atoms with E-state index in [9.17, 15) is 9.59 Å². The molecular formula is C21H23ClN2O3. The number of nitrogens with zero attached hydrogens (tertiary/aromatic N) is 1. The average Bonchev–Trinajstić information content (AvgIpc) is 3.29. The summed E-state index contributed by atoms with van der Waals surface area (Å²) in [5, 5.41) is 3.37. The Balaban J connectivity index is 0.00000210. The van der Waals surface area contributed by atoms with Gasteiger partial charge in [0.15, 0.2) is 12.4 Å². The zero-order chi connectivity index (χ0) is 17.9. The van der Waals surface area contributed by atoms with E-state index in [2.05, 4.69) is 5.32 Å². The number of rotatable bonds is 5. The van der Waals surface area contributed by atoms with Gasteiger partial charge in [-0.1, -0.05) is 30.3 Å². The number of amides is 1. The van der Waals surface area contributed by atoms with Crippen LogP contribution in [0.1, 0.15) is 15.9 Å². The van der Waals surface area contributed by atoms with Gasteiger partial charge in [0.1, 0.15) is 5.75 Å². The SMILES string of the molecule is Cl.O=C(c1ccccc1)c1ccc(OCC(=O)N2C[C@H]3CNC[C@H]3C2)cc1. The zero-order valence-corrected chi connectivity index (χ0v) is 15.8. The zero-order valence-electron chi connectivity index (χ0n) is 15.0. The van der Waals surface area contributed by atoms with E-state index < -0.39 is 0 Å². The number of ether oxygens (including phenoxy) is 1. The lowest BCUT2D eigenvalue weighted by Gasteiger charge is -2.17. The highest BCUT2D eigenvalue weighted by Gasteiger charge is 2.37. The first-order valence-electron chi connectivity index (χ1n) is 9.02. The van der Waals surface area contributed by atoms with Gasteiger partial charge in [0.25, 0.3) is 5.91 Å². The predicted molar refractivity (Wildman–Crippen MR) is 105 cm³/mol. The minimum atomic E-state index is -0.0227. The Hall–Kier alpha value is -2.37. The lowest BCUT2D eigenvalue weighted by molar-refractivity contribution is -0.132. The van der Waals surface area contributed by atoms with Crippen LogP contribution in [0.3, 0.4) is 0 Å². The fraction of sp³-hybridized carbons (Fsp3) is 0.333. The van der Waals surface area contributed by atoms with Gasteiger partial charge in [0.05, 0.1) is 0 Å². The molecule has 2 atom stereocenters. The van der Waals surface area contributed by atoms with Crippen LogP contribution in [-0.2, 0) is 4.79 Å². The molecule has 4 rings (SSSR count). The van der Waals surface area contributed by atoms with Crippen molar-refractivity contribution in [3.63, 3.8) is 0 Å². The second kappa shape index (κ2) is 8.55. The Bertz CT molecular complexity index is 783. The summed E-state index contributed by atoms with van der Waals surface area (Å²) in [4.78, 5) is 26.6. The molecule has 2 fully saturated rings. The second-order valence-electron chi connectivity index (χ2n) is 6.99. The lowest BCUT2D eigenvalue weighted by Crippen LogP contribution is -2.35. The molecule has 2 aliphatic rings. The van der Waals surface area contributed by atoms with E-state index in [0.717, 1.165) is 26.2 Å². The highest BCUT2D eigenvalue weighted by Crippen LogP contribution is 2.26. The van der Waals surface area contributed by atoms with Crippen molar-refractivity contribution < 1.29 is 14.3 Å². The molecule has 0 aliphatic carbocycles. The number of carbonyl (C=O) groups excluding carboxylic acids is 2. The maximum absolute atomic E-state index is 12.4. The fourth-order valence-electron chi connectivity index (χ4n) is 3.75. The molecule has 0 spiro atoms. The number of hydrogen-bond acceptors (Lipinski definition) is 4. The number of ketones is 1. The van der Waals surface area contributed by atoms with Gasteiger partial charge in [-0.05, 0) is 36.1 Å². The molecule has 0 aromatic heterocycles. The maximum Gasteiger partial charge on any atom is 0.260 e. The first-order chi connectivity index (χ1) is 12.7. The number of nitrogens with one attached hydrogen (secondary N) is 1. The van der Waals surface area contributed by atoms with Crippen LogP contribution in [-0.4, -0.2) is 49.4 Å². The summed E-state index contributed by atoms with van der Waals surface area (Å²) in [5.74, 6) is 1.78. The number of hydrogen-bond donors (Lipinski definition) is 1. The van der Waals surface area contributed by atoms with Gasteiger partial charge in [-0.15, -0.1) is 12.4 Å². The third kappa shape index (κ3) is 4.31. The average molecular weight is 387 g/mol. The molecule has 0 radical (unpaired) electrons. The number of halogens is 1. The first kappa shape index (κ1) is 19.4. The van der Waals surface area contributed by atoms with Crippen molar-refractivity contribution in [1.29, 1.82) is 0 Å². The van der Waals surface area contributed by atoms with Crippen LogP contribution in [0.2, 0.25) is 0 Å². The number of likely N-dealkylation sites (tertiary alicyclic amines) is 1. The van der Waals surface area contributed by atoms with Crippen molar-refractivity contribution >= 4 is 24.1 Å². The van der Waals surface area contributed by atoms with Crippen molar-refractivity contribution in [1.82, 2.24) is 10.2 Å². The third-order valence-electron chi connectivity index (χ3n) is 5.26. The van der Waals surface area contributed by atoms with Crippen molar-refractivity contribution in [3.8, 4) is 5.75 Å². The Morgan fingerprint density at radius 2 is 1.52 bits per heavy atom. The molecule has 142 valence electrons. The molecule has 0 unspecified atom stereocenters. The molecule has 0 bridgehead atoms. The van der Waals surface area contributed by atoms with Gasteiger partial charge >= 0.3 is 0 Å². The number of carbonyl (C=O) groups is 2. The summed E-state index contributed by atoms with van der Waals surface area (Å²) in [6.45, 7) is 3.70. The van der Waals surface area contributed by atoms with E-state index in [1.54, 1.807) is 36.4 Å². The highest BCUT2D eigenvalue weighted by molar-refractivity contribution is 6.08. The van der Waals surface area contributed by atoms with Gasteiger partial charge in [0, 0.05) is 37.3 Å². The van der Waals surface area contributed by atoms with Gasteiger partial charge in [0.2, 0.25) is 0 Å². The standard InChI is InChI=1S/C21H22N2O3.ClH/c24-20(23-12-17-10-22-11-18(17)13-23)14-26-19-8-6-16(7-9-19)21(25)15-4-2-1-3-5-15;/h1-9,17-18,22H,10-14H2;1H/t17-,18+;. The van der Waals surface area contributed by atoms with Crippen molar-refractivity contribution in [2.24, 2.45) is 11.8 Å². The van der Waals surface area contributed by atoms with E-state index in [1.807, 2.05) is 23.1 Å². The van der Waals surface area contributed by atoms with Crippen LogP contribution in [0.4, 0.5) is 0 Å². The molecule has 2 aromatic carbocycles. The summed E-state index contributed by atoms with van der Waals surface area (Å²) in [6.07, 6.45) is 0. The summed E-state index contributed by atoms with van der Waals surface area (Å²) >= 11 is 0. The third-order valence-corrected chi connectivity index (χ3v) is 5.26. The first-order valence-corrected chi connectivity index (χ1v) is 9.02. The number of fused-ring (bicyclic) bond motifs is 1. The van der Waals surface area contributed by atoms with E-state index in [0.29, 0.717) is 28.7 Å². The minimum Gasteiger partial charge on any atom is -0.484 e. The topological polar surface area (TPSA) is 58.6 Å². The molecule has 6 heteroatoms. The van der Waals surface area contributed by atoms with Crippen molar-refractivity contribution in [2.45, 2.75) is 0 Å². The van der Waals surface area contributed by atoms with Gasteiger partial charge in [-0.25, -0.2) is 0 Å². The van der Waals surface area contributed by atoms with E-state index in [-0.39, 0.29) is 30.7 Å². The summed E-state index contributed by atoms with van der Waals surface area (Å²) in [7, 11) is 0. The Morgan fingerprint density at radius 1 is 0.926 bits per heavy atom. The van der Waals surface area contributed by atoms with Crippen molar-refractivity contribution in [2.75, 3.05) is 32.8 Å². The van der Waals surface area contributed by atoms with Crippen LogP contribution in [0.15, 0.2) is 54.6 Å². The molecule has 2 aromatic rings. The van der Waals surface area contributed by atoms with Crippen LogP contribution < -0.4 is 10.1 Å². The number of benzene rings is 2. The Morgan fingerprint density at radius 3 is 2.15 bits per heavy atom. The van der Waals surface area contributed by atoms with Crippen LogP contribution in [0, 0.1) is 11.8 Å². The summed E-state index contributed by atoms with van der Waals surface area (Å²) in [6, 6.07) is 16.1. The molecule has 2 heterocycles. The molecule has 27 heavy (non-hydrogen) atoms. The molecule has 1 amide bonds. The van der Waals surface area contributed by atoms with Crippen LogP contribution in [0.5, 0.6) is 5.75 Å². The Kier molecular flexibility index (Phi) is 6.14. The summed E-state index contributed by atoms with van der Waals surface area (Å²) in [5.41, 5.74) is 1.26. The molecule has 1 N–H and O–H groups in total. The maximum atomic E-state index is 12.4. The van der Waals surface area contributed by atoms with Crippen LogP contribution in [0.25, 0.3) is 0 Å². The molecule has 2 saturated heterocycles. The summed E-state index contributed by atoms with van der Waals surface area (Å²) < 4.78 is 5.62. The molecular weight excluding hydrogens is 364 g/mol. The minimum absolute atomic E-state index is 0. The predicted octanol–water partition coefficient (Wildman–Crippen LogP) is 2.40. The van der Waals surface area contributed by atoms with Gasteiger partial charge < -0.3 is 15.0 Å². The van der Waals surface area contributed by atoms with E-state index in [1.165, 1.54) is 0 Å². The van der Waals surface area contributed by atoms with Gasteiger partial charge in [-0.2, -0.15) is 0 Å². The second-order valence-corrected chi connectivity index (χ2v) is 6.99.